The van der Waals surface area contributed by atoms with Crippen LogP contribution in [0.2, 0.25) is 0 Å². The van der Waals surface area contributed by atoms with Crippen LogP contribution in [0, 0.1) is 0 Å². The second-order valence-corrected chi connectivity index (χ2v) is 4.90. The molecule has 0 radical (unpaired) electrons. The molecule has 0 atom stereocenters. The van der Waals surface area contributed by atoms with Gasteiger partial charge in [-0.3, -0.25) is 4.79 Å². The second kappa shape index (κ2) is 5.54. The number of aromatic nitrogens is 1. The van der Waals surface area contributed by atoms with Crippen LogP contribution in [0.25, 0.3) is 10.9 Å². The number of carbonyl (C=O) groups is 1. The molecule has 0 fully saturated rings. The second-order valence-electron chi connectivity index (χ2n) is 3.99. The number of carbonyl (C=O) groups excluding carboxylic acids is 1. The Morgan fingerprint density at radius 3 is 2.94 bits per heavy atom. The van der Waals surface area contributed by atoms with E-state index in [1.165, 1.54) is 7.11 Å². The Hall–Kier alpha value is -1.33. The number of hydrogen-bond donors (Lipinski definition) is 1. The first kappa shape index (κ1) is 13.1. The average molecular weight is 312 g/mol. The number of fused-ring (bicyclic) bond motifs is 1. The van der Waals surface area contributed by atoms with Crippen LogP contribution in [0.4, 0.5) is 0 Å². The zero-order chi connectivity index (χ0) is 13.1. The number of rotatable bonds is 4. The van der Waals surface area contributed by atoms with E-state index in [1.54, 1.807) is 0 Å². The van der Waals surface area contributed by atoms with E-state index in [9.17, 15) is 4.79 Å². The van der Waals surface area contributed by atoms with Gasteiger partial charge >= 0.3 is 5.97 Å². The number of aliphatic hydroxyl groups is 1. The molecular weight excluding hydrogens is 298 g/mol. The zero-order valence-electron chi connectivity index (χ0n) is 10.0. The fourth-order valence-corrected chi connectivity index (χ4v) is 2.35. The third-order valence-electron chi connectivity index (χ3n) is 2.83. The van der Waals surface area contributed by atoms with E-state index < -0.39 is 0 Å². The summed E-state index contributed by atoms with van der Waals surface area (Å²) in [5.41, 5.74) is 1.91. The number of hydrogen-bond acceptors (Lipinski definition) is 3. The first-order valence-electron chi connectivity index (χ1n) is 5.60. The third-order valence-corrected chi connectivity index (χ3v) is 3.32. The summed E-state index contributed by atoms with van der Waals surface area (Å²) in [7, 11) is 1.38. The Balaban J connectivity index is 2.50. The van der Waals surface area contributed by atoms with Gasteiger partial charge in [-0.15, -0.1) is 0 Å². The number of aliphatic hydroxyl groups excluding tert-OH is 1. The van der Waals surface area contributed by atoms with Gasteiger partial charge in [0.15, 0.2) is 0 Å². The molecule has 1 N–H and O–H groups in total. The van der Waals surface area contributed by atoms with Crippen molar-refractivity contribution in [2.75, 3.05) is 13.7 Å². The van der Waals surface area contributed by atoms with Crippen molar-refractivity contribution >= 4 is 32.8 Å². The van der Waals surface area contributed by atoms with Gasteiger partial charge in [-0.2, -0.15) is 0 Å². The molecule has 96 valence electrons. The molecule has 1 aromatic carbocycles. The summed E-state index contributed by atoms with van der Waals surface area (Å²) >= 11 is 3.42. The van der Waals surface area contributed by atoms with Crippen LogP contribution in [-0.2, 0) is 22.5 Å². The van der Waals surface area contributed by atoms with Gasteiger partial charge in [0.2, 0.25) is 0 Å². The number of methoxy groups -OCH3 is 1. The number of benzene rings is 1. The van der Waals surface area contributed by atoms with Crippen molar-refractivity contribution in [2.45, 2.75) is 13.0 Å². The van der Waals surface area contributed by atoms with Gasteiger partial charge < -0.3 is 14.4 Å². The zero-order valence-corrected chi connectivity index (χ0v) is 11.6. The number of esters is 1. The van der Waals surface area contributed by atoms with E-state index in [4.69, 9.17) is 5.11 Å². The van der Waals surface area contributed by atoms with Gasteiger partial charge in [-0.1, -0.05) is 22.0 Å². The Morgan fingerprint density at radius 1 is 1.50 bits per heavy atom. The molecule has 0 aliphatic rings. The largest absolute Gasteiger partial charge is 0.469 e. The van der Waals surface area contributed by atoms with Crippen molar-refractivity contribution in [1.29, 1.82) is 0 Å². The molecule has 0 amide bonds. The molecule has 0 aliphatic carbocycles. The summed E-state index contributed by atoms with van der Waals surface area (Å²) in [5.74, 6) is -0.263. The highest BCUT2D eigenvalue weighted by molar-refractivity contribution is 9.10. The first-order valence-corrected chi connectivity index (χ1v) is 6.40. The minimum atomic E-state index is -0.263. The Morgan fingerprint density at radius 2 is 2.28 bits per heavy atom. The van der Waals surface area contributed by atoms with Gasteiger partial charge in [0.05, 0.1) is 20.1 Å². The highest BCUT2D eigenvalue weighted by Gasteiger charge is 2.12. The van der Waals surface area contributed by atoms with Gasteiger partial charge in [0.1, 0.15) is 0 Å². The molecule has 2 aromatic rings. The van der Waals surface area contributed by atoms with E-state index in [0.29, 0.717) is 6.54 Å². The topological polar surface area (TPSA) is 51.5 Å². The molecule has 4 nitrogen and oxygen atoms in total. The fourth-order valence-electron chi connectivity index (χ4n) is 2.00. The Bertz CT molecular complexity index is 577. The summed E-state index contributed by atoms with van der Waals surface area (Å²) in [6.45, 7) is 0.572. The standard InChI is InChI=1S/C13H14BrNO3/c1-18-13(17)6-9-8-15(4-5-16)12-7-10(14)2-3-11(9)12/h2-3,7-8,16H,4-6H2,1H3. The van der Waals surface area contributed by atoms with E-state index >= 15 is 0 Å². The molecule has 5 heteroatoms. The molecule has 1 heterocycles. The molecule has 1 aromatic heterocycles. The molecule has 0 aliphatic heterocycles. The van der Waals surface area contributed by atoms with E-state index in [-0.39, 0.29) is 19.0 Å². The minimum absolute atomic E-state index is 0.0634. The molecular formula is C13H14BrNO3. The molecule has 0 bridgehead atoms. The monoisotopic (exact) mass is 311 g/mol. The third kappa shape index (κ3) is 2.57. The van der Waals surface area contributed by atoms with Gasteiger partial charge in [0, 0.05) is 28.1 Å². The lowest BCUT2D eigenvalue weighted by molar-refractivity contribution is -0.139. The van der Waals surface area contributed by atoms with Crippen molar-refractivity contribution in [3.8, 4) is 0 Å². The molecule has 0 saturated carbocycles. The lowest BCUT2D eigenvalue weighted by atomic mass is 10.1. The molecule has 0 saturated heterocycles. The van der Waals surface area contributed by atoms with Crippen LogP contribution in [0.5, 0.6) is 0 Å². The van der Waals surface area contributed by atoms with Crippen LogP contribution in [0.15, 0.2) is 28.9 Å². The van der Waals surface area contributed by atoms with Crippen LogP contribution in [0.3, 0.4) is 0 Å². The number of nitrogens with zero attached hydrogens (tertiary/aromatic N) is 1. The highest BCUT2D eigenvalue weighted by atomic mass is 79.9. The predicted octanol–water partition coefficient (Wildman–Crippen LogP) is 2.11. The van der Waals surface area contributed by atoms with E-state index in [2.05, 4.69) is 20.7 Å². The van der Waals surface area contributed by atoms with Crippen molar-refractivity contribution in [1.82, 2.24) is 4.57 Å². The van der Waals surface area contributed by atoms with Crippen LogP contribution >= 0.6 is 15.9 Å². The van der Waals surface area contributed by atoms with Crippen LogP contribution < -0.4 is 0 Å². The SMILES string of the molecule is COC(=O)Cc1cn(CCO)c2cc(Br)ccc12. The van der Waals surface area contributed by atoms with E-state index in [0.717, 1.165) is 20.9 Å². The number of halogens is 1. The lowest BCUT2D eigenvalue weighted by Crippen LogP contribution is -2.04. The summed E-state index contributed by atoms with van der Waals surface area (Å²) in [4.78, 5) is 11.4. The Kier molecular flexibility index (Phi) is 4.04. The molecule has 18 heavy (non-hydrogen) atoms. The maximum Gasteiger partial charge on any atom is 0.310 e. The van der Waals surface area contributed by atoms with Crippen molar-refractivity contribution in [3.63, 3.8) is 0 Å². The van der Waals surface area contributed by atoms with E-state index in [1.807, 2.05) is 29.0 Å². The molecule has 0 unspecified atom stereocenters. The van der Waals surface area contributed by atoms with Gasteiger partial charge in [0.25, 0.3) is 0 Å². The summed E-state index contributed by atoms with van der Waals surface area (Å²) in [6.07, 6.45) is 2.14. The summed E-state index contributed by atoms with van der Waals surface area (Å²) < 4.78 is 7.60. The Labute approximate surface area is 113 Å². The lowest BCUT2D eigenvalue weighted by Gasteiger charge is -2.01. The normalized spacial score (nSPS) is 10.8. The quantitative estimate of drug-likeness (QED) is 0.880. The first-order chi connectivity index (χ1) is 8.65. The average Bonchev–Trinajstić information content (AvgIpc) is 2.67. The van der Waals surface area contributed by atoms with Gasteiger partial charge in [-0.05, 0) is 17.7 Å². The fraction of sp³-hybridized carbons (Fsp3) is 0.308. The smallest absolute Gasteiger partial charge is 0.310 e. The maximum atomic E-state index is 11.4. The highest BCUT2D eigenvalue weighted by Crippen LogP contribution is 2.25. The minimum Gasteiger partial charge on any atom is -0.469 e. The van der Waals surface area contributed by atoms with Crippen LogP contribution in [-0.4, -0.2) is 29.4 Å². The predicted molar refractivity (Wildman–Crippen MR) is 72.4 cm³/mol. The summed E-state index contributed by atoms with van der Waals surface area (Å²) in [6, 6.07) is 5.88. The molecule has 0 spiro atoms. The molecule has 2 rings (SSSR count). The van der Waals surface area contributed by atoms with Gasteiger partial charge in [-0.25, -0.2) is 0 Å². The maximum absolute atomic E-state index is 11.4. The van der Waals surface area contributed by atoms with Crippen molar-refractivity contribution in [3.05, 3.63) is 34.4 Å². The van der Waals surface area contributed by atoms with Crippen molar-refractivity contribution < 1.29 is 14.6 Å². The summed E-state index contributed by atoms with van der Waals surface area (Å²) in [5, 5.41) is 10.1. The number of ether oxygens (including phenoxy) is 1. The van der Waals surface area contributed by atoms with Crippen LogP contribution in [0.1, 0.15) is 5.56 Å². The van der Waals surface area contributed by atoms with Crippen molar-refractivity contribution in [2.24, 2.45) is 0 Å².